The van der Waals surface area contributed by atoms with Crippen LogP contribution in [0, 0.1) is 12.7 Å². The Morgan fingerprint density at radius 3 is 2.84 bits per heavy atom. The van der Waals surface area contributed by atoms with Crippen molar-refractivity contribution in [2.24, 2.45) is 0 Å². The summed E-state index contributed by atoms with van der Waals surface area (Å²) in [5, 5.41) is 10.3. The summed E-state index contributed by atoms with van der Waals surface area (Å²) in [6.07, 6.45) is 1.53. The van der Waals surface area contributed by atoms with Gasteiger partial charge in [-0.1, -0.05) is 23.4 Å². The summed E-state index contributed by atoms with van der Waals surface area (Å²) in [4.78, 5) is 12.2. The molecule has 25 heavy (non-hydrogen) atoms. The number of anilines is 1. The average molecular weight is 382 g/mol. The van der Waals surface area contributed by atoms with Crippen LogP contribution in [0.2, 0.25) is 5.02 Å². The molecule has 130 valence electrons. The van der Waals surface area contributed by atoms with Gasteiger partial charge in [-0.2, -0.15) is 0 Å². The molecule has 0 fully saturated rings. The van der Waals surface area contributed by atoms with Crippen molar-refractivity contribution >= 4 is 35.0 Å². The first-order chi connectivity index (χ1) is 11.9. The summed E-state index contributed by atoms with van der Waals surface area (Å²) >= 11 is 6.76. The van der Waals surface area contributed by atoms with E-state index in [9.17, 15) is 9.18 Å². The molecule has 3 aromatic rings. The molecule has 0 aliphatic heterocycles. The van der Waals surface area contributed by atoms with Crippen LogP contribution in [0.4, 0.5) is 10.1 Å². The predicted molar refractivity (Wildman–Crippen MR) is 92.1 cm³/mol. The van der Waals surface area contributed by atoms with E-state index < -0.39 is 17.0 Å². The van der Waals surface area contributed by atoms with Crippen molar-refractivity contribution in [2.45, 2.75) is 24.3 Å². The Hall–Kier alpha value is -2.32. The molecule has 0 aliphatic carbocycles. The zero-order valence-corrected chi connectivity index (χ0v) is 14.8. The summed E-state index contributed by atoms with van der Waals surface area (Å²) in [6, 6.07) is 5.75. The molecule has 1 N–H and O–H groups in total. The number of benzene rings is 1. The molecular weight excluding hydrogens is 369 g/mol. The van der Waals surface area contributed by atoms with E-state index in [1.165, 1.54) is 18.4 Å². The monoisotopic (exact) mass is 381 g/mol. The van der Waals surface area contributed by atoms with Gasteiger partial charge in [0.15, 0.2) is 0 Å². The summed E-state index contributed by atoms with van der Waals surface area (Å²) < 4.78 is 24.5. The van der Waals surface area contributed by atoms with Crippen LogP contribution in [-0.4, -0.2) is 21.4 Å². The van der Waals surface area contributed by atoms with E-state index in [-0.39, 0.29) is 15.9 Å². The minimum atomic E-state index is -0.603. The Labute approximate surface area is 151 Å². The van der Waals surface area contributed by atoms with E-state index in [4.69, 9.17) is 20.4 Å². The van der Waals surface area contributed by atoms with Crippen molar-refractivity contribution in [1.82, 2.24) is 10.2 Å². The topological polar surface area (TPSA) is 81.2 Å². The SMILES string of the molecule is Cc1occc1-c1nnc(S[C@H](C)C(=O)Nc2ccc(Cl)cc2F)o1. The van der Waals surface area contributed by atoms with E-state index in [0.717, 1.165) is 17.8 Å². The van der Waals surface area contributed by atoms with Crippen LogP contribution in [0.15, 0.2) is 44.6 Å². The summed E-state index contributed by atoms with van der Waals surface area (Å²) in [7, 11) is 0. The number of rotatable bonds is 5. The molecule has 3 rings (SSSR count). The third-order valence-electron chi connectivity index (χ3n) is 3.33. The lowest BCUT2D eigenvalue weighted by atomic mass is 10.3. The van der Waals surface area contributed by atoms with E-state index >= 15 is 0 Å². The highest BCUT2D eigenvalue weighted by Crippen LogP contribution is 2.29. The molecule has 0 unspecified atom stereocenters. The minimum Gasteiger partial charge on any atom is -0.469 e. The van der Waals surface area contributed by atoms with Crippen molar-refractivity contribution in [3.63, 3.8) is 0 Å². The number of carbonyl (C=O) groups excluding carboxylic acids is 1. The van der Waals surface area contributed by atoms with Crippen molar-refractivity contribution in [2.75, 3.05) is 5.32 Å². The van der Waals surface area contributed by atoms with Crippen LogP contribution < -0.4 is 5.32 Å². The van der Waals surface area contributed by atoms with Gasteiger partial charge in [0.1, 0.15) is 11.6 Å². The lowest BCUT2D eigenvalue weighted by Gasteiger charge is -2.10. The van der Waals surface area contributed by atoms with Gasteiger partial charge in [0.05, 0.1) is 22.8 Å². The van der Waals surface area contributed by atoms with Gasteiger partial charge in [0.25, 0.3) is 11.1 Å². The molecule has 0 radical (unpaired) electrons. The molecule has 2 heterocycles. The number of amides is 1. The fraction of sp³-hybridized carbons (Fsp3) is 0.188. The van der Waals surface area contributed by atoms with Crippen LogP contribution >= 0.6 is 23.4 Å². The highest BCUT2D eigenvalue weighted by atomic mass is 35.5. The molecule has 1 aromatic carbocycles. The van der Waals surface area contributed by atoms with Gasteiger partial charge in [-0.05, 0) is 38.1 Å². The Balaban J connectivity index is 1.66. The summed E-state index contributed by atoms with van der Waals surface area (Å²) in [6.45, 7) is 3.43. The number of nitrogens with one attached hydrogen (secondary N) is 1. The highest BCUT2D eigenvalue weighted by Gasteiger charge is 2.20. The molecule has 0 saturated heterocycles. The van der Waals surface area contributed by atoms with Gasteiger partial charge in [-0.25, -0.2) is 4.39 Å². The number of carbonyl (C=O) groups is 1. The van der Waals surface area contributed by atoms with Gasteiger partial charge in [-0.15, -0.1) is 10.2 Å². The molecule has 1 atom stereocenters. The first-order valence-electron chi connectivity index (χ1n) is 7.24. The normalized spacial score (nSPS) is 12.2. The number of hydrogen-bond donors (Lipinski definition) is 1. The van der Waals surface area contributed by atoms with Crippen LogP contribution in [0.5, 0.6) is 0 Å². The first kappa shape index (κ1) is 17.5. The van der Waals surface area contributed by atoms with Crippen molar-refractivity contribution in [3.8, 4) is 11.5 Å². The number of nitrogens with zero attached hydrogens (tertiary/aromatic N) is 2. The standard InChI is InChI=1S/C16H13ClFN3O3S/c1-8-11(5-6-23-8)15-20-21-16(24-15)25-9(2)14(22)19-13-4-3-10(17)7-12(13)18/h3-7,9H,1-2H3,(H,19,22)/t9-/m1/s1. The van der Waals surface area contributed by atoms with E-state index in [2.05, 4.69) is 15.5 Å². The summed E-state index contributed by atoms with van der Waals surface area (Å²) in [5.74, 6) is -0.0340. The maximum absolute atomic E-state index is 13.7. The molecule has 1 amide bonds. The van der Waals surface area contributed by atoms with Gasteiger partial charge in [0, 0.05) is 5.02 Å². The van der Waals surface area contributed by atoms with Crippen LogP contribution in [0.1, 0.15) is 12.7 Å². The number of aryl methyl sites for hydroxylation is 1. The quantitative estimate of drug-likeness (QED) is 0.653. The second-order valence-electron chi connectivity index (χ2n) is 5.14. The van der Waals surface area contributed by atoms with Crippen LogP contribution in [-0.2, 0) is 4.79 Å². The highest BCUT2D eigenvalue weighted by molar-refractivity contribution is 8.00. The zero-order valence-electron chi connectivity index (χ0n) is 13.2. The Kier molecular flexibility index (Phi) is 5.10. The molecule has 0 aliphatic rings. The van der Waals surface area contributed by atoms with Crippen molar-refractivity contribution in [3.05, 3.63) is 47.1 Å². The van der Waals surface area contributed by atoms with E-state index in [1.807, 2.05) is 0 Å². The largest absolute Gasteiger partial charge is 0.469 e. The molecule has 0 spiro atoms. The predicted octanol–water partition coefficient (Wildman–Crippen LogP) is 4.55. The Morgan fingerprint density at radius 1 is 1.36 bits per heavy atom. The molecule has 6 nitrogen and oxygen atoms in total. The molecule has 0 bridgehead atoms. The van der Waals surface area contributed by atoms with Crippen LogP contribution in [0.3, 0.4) is 0 Å². The molecule has 0 saturated carbocycles. The second-order valence-corrected chi connectivity index (χ2v) is 6.87. The fourth-order valence-electron chi connectivity index (χ4n) is 2.00. The third-order valence-corrected chi connectivity index (χ3v) is 4.50. The van der Waals surface area contributed by atoms with Gasteiger partial charge in [-0.3, -0.25) is 4.79 Å². The van der Waals surface area contributed by atoms with Crippen molar-refractivity contribution < 1.29 is 18.0 Å². The van der Waals surface area contributed by atoms with Crippen molar-refractivity contribution in [1.29, 1.82) is 0 Å². The zero-order chi connectivity index (χ0) is 18.0. The maximum Gasteiger partial charge on any atom is 0.277 e. The van der Waals surface area contributed by atoms with Crippen LogP contribution in [0.25, 0.3) is 11.5 Å². The molecular formula is C16H13ClFN3O3S. The smallest absolute Gasteiger partial charge is 0.277 e. The van der Waals surface area contributed by atoms with E-state index in [1.54, 1.807) is 19.9 Å². The third kappa shape index (κ3) is 4.02. The van der Waals surface area contributed by atoms with E-state index in [0.29, 0.717) is 17.2 Å². The fourth-order valence-corrected chi connectivity index (χ4v) is 2.85. The molecule has 2 aromatic heterocycles. The lowest BCUT2D eigenvalue weighted by Crippen LogP contribution is -2.23. The number of aromatic nitrogens is 2. The molecule has 9 heteroatoms. The minimum absolute atomic E-state index is 0.0575. The average Bonchev–Trinajstić information content (AvgIpc) is 3.18. The number of thioether (sulfide) groups is 1. The number of halogens is 2. The Bertz CT molecular complexity index is 912. The number of furan rings is 1. The van der Waals surface area contributed by atoms with Gasteiger partial charge >= 0.3 is 0 Å². The number of hydrogen-bond acceptors (Lipinski definition) is 6. The van der Waals surface area contributed by atoms with Gasteiger partial charge < -0.3 is 14.2 Å². The Morgan fingerprint density at radius 2 is 2.16 bits per heavy atom. The lowest BCUT2D eigenvalue weighted by molar-refractivity contribution is -0.115. The summed E-state index contributed by atoms with van der Waals surface area (Å²) in [5.41, 5.74) is 0.752. The maximum atomic E-state index is 13.7. The van der Waals surface area contributed by atoms with Gasteiger partial charge in [0.2, 0.25) is 5.91 Å². The first-order valence-corrected chi connectivity index (χ1v) is 8.50. The second kappa shape index (κ2) is 7.28.